The van der Waals surface area contributed by atoms with Gasteiger partial charge in [-0.05, 0) is 49.7 Å². The molecule has 0 aliphatic carbocycles. The Hall–Kier alpha value is -3.47. The van der Waals surface area contributed by atoms with Gasteiger partial charge < -0.3 is 10.1 Å². The number of hydrogen-bond acceptors (Lipinski definition) is 6. The third-order valence-electron chi connectivity index (χ3n) is 5.24. The Morgan fingerprint density at radius 2 is 2.10 bits per heavy atom. The van der Waals surface area contributed by atoms with Gasteiger partial charge in [-0.3, -0.25) is 0 Å². The number of ether oxygens (including phenoxy) is 1. The molecule has 1 N–H and O–H groups in total. The fraction of sp³-hybridized carbons (Fsp3) is 0.217. The molecule has 154 valence electrons. The summed E-state index contributed by atoms with van der Waals surface area (Å²) in [7, 11) is 0. The van der Waals surface area contributed by atoms with Crippen LogP contribution in [-0.2, 0) is 0 Å². The average Bonchev–Trinajstić information content (AvgIpc) is 3.40. The number of nitriles is 1. The Morgan fingerprint density at radius 3 is 2.87 bits per heavy atom. The fourth-order valence-corrected chi connectivity index (χ4v) is 4.10. The lowest BCUT2D eigenvalue weighted by molar-refractivity contribution is 0.214. The molecule has 31 heavy (non-hydrogen) atoms. The Morgan fingerprint density at radius 1 is 1.19 bits per heavy atom. The van der Waals surface area contributed by atoms with Crippen molar-refractivity contribution in [3.63, 3.8) is 0 Å². The highest BCUT2D eigenvalue weighted by molar-refractivity contribution is 6.29. The molecule has 0 saturated carbocycles. The number of aryl methyl sites for hydroxylation is 1. The van der Waals surface area contributed by atoms with Crippen molar-refractivity contribution in [2.45, 2.75) is 19.4 Å². The summed E-state index contributed by atoms with van der Waals surface area (Å²) in [5.41, 5.74) is 5.23. The van der Waals surface area contributed by atoms with E-state index >= 15 is 0 Å². The number of fused-ring (bicyclic) bond motifs is 1. The second-order valence-corrected chi connectivity index (χ2v) is 7.89. The summed E-state index contributed by atoms with van der Waals surface area (Å²) < 4.78 is 7.81. The number of hydrogen-bond donors (Lipinski definition) is 1. The Labute approximate surface area is 184 Å². The summed E-state index contributed by atoms with van der Waals surface area (Å²) in [6, 6.07) is 15.1. The van der Waals surface area contributed by atoms with Gasteiger partial charge in [0.25, 0.3) is 0 Å². The van der Waals surface area contributed by atoms with E-state index < -0.39 is 0 Å². The zero-order chi connectivity index (χ0) is 21.4. The quantitative estimate of drug-likeness (QED) is 0.492. The summed E-state index contributed by atoms with van der Waals surface area (Å²) >= 11 is 6.28. The molecule has 0 unspecified atom stereocenters. The minimum absolute atomic E-state index is 0.103. The molecular formula is C23H19ClN6O. The van der Waals surface area contributed by atoms with Crippen molar-refractivity contribution in [3.05, 3.63) is 65.1 Å². The zero-order valence-electron chi connectivity index (χ0n) is 16.8. The van der Waals surface area contributed by atoms with E-state index in [0.29, 0.717) is 27.9 Å². The van der Waals surface area contributed by atoms with Crippen LogP contribution >= 0.6 is 11.6 Å². The van der Waals surface area contributed by atoms with E-state index in [0.717, 1.165) is 41.9 Å². The first-order valence-corrected chi connectivity index (χ1v) is 10.4. The lowest BCUT2D eigenvalue weighted by Crippen LogP contribution is -2.20. The molecule has 4 aromatic rings. The average molecular weight is 431 g/mol. The van der Waals surface area contributed by atoms with E-state index in [1.807, 2.05) is 43.5 Å². The Bertz CT molecular complexity index is 1300. The van der Waals surface area contributed by atoms with Crippen molar-refractivity contribution < 1.29 is 4.74 Å². The number of nitrogens with one attached hydrogen (secondary N) is 1. The van der Waals surface area contributed by atoms with Crippen molar-refractivity contribution in [1.82, 2.24) is 24.9 Å². The van der Waals surface area contributed by atoms with E-state index in [1.54, 1.807) is 16.6 Å². The molecule has 1 fully saturated rings. The Balaban J connectivity index is 1.72. The van der Waals surface area contributed by atoms with Crippen LogP contribution in [-0.4, -0.2) is 38.8 Å². The number of aromatic nitrogens is 4. The summed E-state index contributed by atoms with van der Waals surface area (Å²) in [4.78, 5) is 9.07. The standard InChI is InChI=1S/C23H19ClN6O/c1-14-9-17(11-19(24)27-14)21-22(16-4-2-3-15(10-16)12-25)29-30-8-6-20(28-23(21)30)31-18-5-7-26-13-18/h2-4,6,8-11,18,26H,5,7,13H2,1H3/t18-/m0/s1. The third kappa shape index (κ3) is 3.83. The van der Waals surface area contributed by atoms with E-state index in [9.17, 15) is 5.26 Å². The van der Waals surface area contributed by atoms with Crippen LogP contribution in [0.1, 0.15) is 17.7 Å². The van der Waals surface area contributed by atoms with Gasteiger partial charge in [0.15, 0.2) is 5.65 Å². The lowest BCUT2D eigenvalue weighted by atomic mass is 10.0. The summed E-state index contributed by atoms with van der Waals surface area (Å²) in [5.74, 6) is 0.552. The molecule has 1 aliphatic rings. The fourth-order valence-electron chi connectivity index (χ4n) is 3.85. The minimum Gasteiger partial charge on any atom is -0.473 e. The largest absolute Gasteiger partial charge is 0.473 e. The van der Waals surface area contributed by atoms with Crippen LogP contribution in [0, 0.1) is 18.3 Å². The molecule has 7 nitrogen and oxygen atoms in total. The van der Waals surface area contributed by atoms with Gasteiger partial charge in [0.1, 0.15) is 17.0 Å². The van der Waals surface area contributed by atoms with Crippen LogP contribution in [0.25, 0.3) is 28.0 Å². The molecule has 1 saturated heterocycles. The number of benzene rings is 1. The van der Waals surface area contributed by atoms with Gasteiger partial charge in [-0.25, -0.2) is 9.50 Å². The van der Waals surface area contributed by atoms with Crippen LogP contribution in [0.3, 0.4) is 0 Å². The molecule has 5 rings (SSSR count). The van der Waals surface area contributed by atoms with Gasteiger partial charge in [0.05, 0.1) is 17.2 Å². The number of nitrogens with zero attached hydrogens (tertiary/aromatic N) is 5. The van der Waals surface area contributed by atoms with Gasteiger partial charge in [-0.1, -0.05) is 23.7 Å². The van der Waals surface area contributed by atoms with Gasteiger partial charge in [0.2, 0.25) is 5.88 Å². The predicted octanol–water partition coefficient (Wildman–Crippen LogP) is 4.03. The van der Waals surface area contributed by atoms with Gasteiger partial charge >= 0.3 is 0 Å². The van der Waals surface area contributed by atoms with Gasteiger partial charge in [0, 0.05) is 30.1 Å². The third-order valence-corrected chi connectivity index (χ3v) is 5.43. The monoisotopic (exact) mass is 430 g/mol. The maximum absolute atomic E-state index is 9.34. The SMILES string of the molecule is Cc1cc(-c2c(-c3cccc(C#N)c3)nn3ccc(O[C@H]4CCNC4)nc23)cc(Cl)n1. The summed E-state index contributed by atoms with van der Waals surface area (Å²) in [5, 5.41) is 17.8. The minimum atomic E-state index is 0.103. The van der Waals surface area contributed by atoms with Crippen molar-refractivity contribution in [2.75, 3.05) is 13.1 Å². The van der Waals surface area contributed by atoms with E-state index in [4.69, 9.17) is 26.4 Å². The van der Waals surface area contributed by atoms with E-state index in [-0.39, 0.29) is 6.10 Å². The van der Waals surface area contributed by atoms with E-state index in [2.05, 4.69) is 16.4 Å². The smallest absolute Gasteiger partial charge is 0.217 e. The van der Waals surface area contributed by atoms with Crippen molar-refractivity contribution >= 4 is 17.2 Å². The number of halogens is 1. The molecule has 0 amide bonds. The first-order chi connectivity index (χ1) is 15.1. The predicted molar refractivity (Wildman–Crippen MR) is 118 cm³/mol. The maximum Gasteiger partial charge on any atom is 0.217 e. The van der Waals surface area contributed by atoms with Crippen molar-refractivity contribution in [3.8, 4) is 34.3 Å². The van der Waals surface area contributed by atoms with Crippen LogP contribution in [0.4, 0.5) is 0 Å². The number of rotatable bonds is 4. The topological polar surface area (TPSA) is 88.1 Å². The molecule has 4 heterocycles. The molecule has 0 bridgehead atoms. The summed E-state index contributed by atoms with van der Waals surface area (Å²) in [6.07, 6.45) is 2.90. The first kappa shape index (κ1) is 19.5. The molecule has 1 atom stereocenters. The lowest BCUT2D eigenvalue weighted by Gasteiger charge is -2.11. The van der Waals surface area contributed by atoms with Crippen LogP contribution in [0.15, 0.2) is 48.7 Å². The second kappa shape index (κ2) is 7.99. The molecular weight excluding hydrogens is 412 g/mol. The molecule has 8 heteroatoms. The highest BCUT2D eigenvalue weighted by atomic mass is 35.5. The van der Waals surface area contributed by atoms with Crippen LogP contribution < -0.4 is 10.1 Å². The maximum atomic E-state index is 9.34. The second-order valence-electron chi connectivity index (χ2n) is 7.50. The van der Waals surface area contributed by atoms with E-state index in [1.165, 1.54) is 0 Å². The van der Waals surface area contributed by atoms with Gasteiger partial charge in [-0.2, -0.15) is 15.3 Å². The van der Waals surface area contributed by atoms with Crippen molar-refractivity contribution in [1.29, 1.82) is 5.26 Å². The highest BCUT2D eigenvalue weighted by Gasteiger charge is 2.21. The highest BCUT2D eigenvalue weighted by Crippen LogP contribution is 2.36. The zero-order valence-corrected chi connectivity index (χ0v) is 17.6. The summed E-state index contributed by atoms with van der Waals surface area (Å²) in [6.45, 7) is 3.65. The molecule has 0 spiro atoms. The number of pyridine rings is 1. The molecule has 0 radical (unpaired) electrons. The normalized spacial score (nSPS) is 15.8. The van der Waals surface area contributed by atoms with Crippen LogP contribution in [0.5, 0.6) is 5.88 Å². The molecule has 3 aromatic heterocycles. The van der Waals surface area contributed by atoms with Crippen molar-refractivity contribution in [2.24, 2.45) is 0 Å². The Kier molecular flexibility index (Phi) is 5.02. The van der Waals surface area contributed by atoms with Crippen LogP contribution in [0.2, 0.25) is 5.15 Å². The molecule has 1 aliphatic heterocycles. The molecule has 1 aromatic carbocycles. The first-order valence-electron chi connectivity index (χ1n) is 10.0. The van der Waals surface area contributed by atoms with Gasteiger partial charge in [-0.15, -0.1) is 0 Å².